The minimum Gasteiger partial charge on any atom is -0.490 e. The van der Waals surface area contributed by atoms with Crippen LogP contribution in [0.4, 0.5) is 11.6 Å². The molecule has 2 fully saturated rings. The lowest BCUT2D eigenvalue weighted by molar-refractivity contribution is -0.182. The number of nitrogens with zero attached hydrogens (tertiary/aromatic N) is 5. The summed E-state index contributed by atoms with van der Waals surface area (Å²) >= 11 is 0. The first-order valence-corrected chi connectivity index (χ1v) is 10.2. The number of hydrogen-bond acceptors (Lipinski definition) is 10. The average molecular weight is 435 g/mol. The van der Waals surface area contributed by atoms with Crippen molar-refractivity contribution >= 4 is 33.7 Å². The lowest BCUT2D eigenvalue weighted by atomic mass is 9.73. The molecule has 1 aliphatic carbocycles. The van der Waals surface area contributed by atoms with Crippen molar-refractivity contribution in [3.63, 3.8) is 0 Å². The van der Waals surface area contributed by atoms with Gasteiger partial charge in [0.05, 0.1) is 11.8 Å². The van der Waals surface area contributed by atoms with Crippen LogP contribution in [-0.2, 0) is 4.74 Å². The lowest BCUT2D eigenvalue weighted by Gasteiger charge is -2.45. The molecule has 1 aliphatic heterocycles. The van der Waals surface area contributed by atoms with Gasteiger partial charge in [0.25, 0.3) is 0 Å². The van der Waals surface area contributed by atoms with Crippen molar-refractivity contribution in [3.8, 4) is 5.75 Å². The van der Waals surface area contributed by atoms with Gasteiger partial charge in [-0.25, -0.2) is 19.9 Å². The molecule has 11 nitrogen and oxygen atoms in total. The van der Waals surface area contributed by atoms with Crippen LogP contribution in [-0.4, -0.2) is 58.6 Å². The molecule has 0 amide bonds. The number of imidazole rings is 1. The van der Waals surface area contributed by atoms with Crippen molar-refractivity contribution in [2.75, 3.05) is 11.5 Å². The van der Waals surface area contributed by atoms with E-state index in [4.69, 9.17) is 20.9 Å². The minimum atomic E-state index is -1.16. The first kappa shape index (κ1) is 19.2. The summed E-state index contributed by atoms with van der Waals surface area (Å²) in [7, 11) is 0. The third-order valence-corrected chi connectivity index (χ3v) is 6.31. The number of aromatic nitrogens is 5. The minimum absolute atomic E-state index is 0.174. The molecule has 0 unspecified atom stereocenters. The normalized spacial score (nSPS) is 29.6. The molecular weight excluding hydrogens is 414 g/mol. The quantitative estimate of drug-likeness (QED) is 0.361. The van der Waals surface area contributed by atoms with Gasteiger partial charge in [-0.1, -0.05) is 0 Å². The van der Waals surface area contributed by atoms with Crippen LogP contribution in [0, 0.1) is 0 Å². The summed E-state index contributed by atoms with van der Waals surface area (Å²) < 4.78 is 13.8. The Morgan fingerprint density at radius 3 is 2.75 bits per heavy atom. The molecule has 4 heterocycles. The number of aliphatic hydroxyl groups is 2. The number of anilines is 2. The maximum Gasteiger partial charge on any atom is 0.167 e. The van der Waals surface area contributed by atoms with Gasteiger partial charge in [0.1, 0.15) is 47.3 Å². The molecule has 3 aromatic heterocycles. The number of fused-ring (bicyclic) bond motifs is 2. The number of nitrogens with two attached hydrogens (primary N) is 2. The number of hydrogen-bond donors (Lipinski definition) is 4. The van der Waals surface area contributed by atoms with Crippen molar-refractivity contribution in [1.82, 2.24) is 24.5 Å². The highest BCUT2D eigenvalue weighted by Crippen LogP contribution is 2.50. The molecule has 1 saturated heterocycles. The van der Waals surface area contributed by atoms with E-state index in [0.29, 0.717) is 35.6 Å². The van der Waals surface area contributed by atoms with E-state index in [-0.39, 0.29) is 11.9 Å². The topological polar surface area (TPSA) is 167 Å². The maximum atomic E-state index is 10.8. The Balaban J connectivity index is 1.20. The van der Waals surface area contributed by atoms with Gasteiger partial charge in [-0.2, -0.15) is 0 Å². The highest BCUT2D eigenvalue weighted by Gasteiger charge is 2.62. The molecule has 164 valence electrons. The van der Waals surface area contributed by atoms with Crippen LogP contribution >= 0.6 is 0 Å². The monoisotopic (exact) mass is 435 g/mol. The summed E-state index contributed by atoms with van der Waals surface area (Å²) in [5.74, 6) is 1.34. The zero-order chi connectivity index (χ0) is 22.0. The molecule has 2 aliphatic rings. The Morgan fingerprint density at radius 2 is 1.91 bits per heavy atom. The second-order valence-corrected chi connectivity index (χ2v) is 8.33. The van der Waals surface area contributed by atoms with Crippen molar-refractivity contribution < 1.29 is 19.7 Å². The fourth-order valence-corrected chi connectivity index (χ4v) is 4.64. The number of benzene rings is 1. The van der Waals surface area contributed by atoms with Gasteiger partial charge in [0, 0.05) is 24.3 Å². The lowest BCUT2D eigenvalue weighted by Crippen LogP contribution is -2.57. The summed E-state index contributed by atoms with van der Waals surface area (Å²) in [6, 6.07) is 9.29. The van der Waals surface area contributed by atoms with E-state index in [1.807, 2.05) is 24.3 Å². The van der Waals surface area contributed by atoms with Crippen LogP contribution in [0.25, 0.3) is 22.1 Å². The number of aliphatic hydroxyl groups excluding tert-OH is 2. The van der Waals surface area contributed by atoms with E-state index in [1.54, 1.807) is 10.6 Å². The number of ether oxygens (including phenoxy) is 2. The van der Waals surface area contributed by atoms with Gasteiger partial charge < -0.3 is 31.2 Å². The Labute approximate surface area is 181 Å². The van der Waals surface area contributed by atoms with Crippen LogP contribution in [0.15, 0.2) is 43.0 Å². The fourth-order valence-electron chi connectivity index (χ4n) is 4.64. The summed E-state index contributed by atoms with van der Waals surface area (Å²) in [6.45, 7) is 0. The van der Waals surface area contributed by atoms with Crippen molar-refractivity contribution in [1.29, 1.82) is 0 Å². The van der Waals surface area contributed by atoms with Crippen molar-refractivity contribution in [3.05, 3.63) is 43.0 Å². The summed E-state index contributed by atoms with van der Waals surface area (Å²) in [5.41, 5.74) is 12.3. The molecule has 0 bridgehead atoms. The Bertz CT molecular complexity index is 1340. The second-order valence-electron chi connectivity index (χ2n) is 8.33. The van der Waals surface area contributed by atoms with Crippen LogP contribution < -0.4 is 16.2 Å². The van der Waals surface area contributed by atoms with Gasteiger partial charge in [0.15, 0.2) is 17.7 Å². The third-order valence-electron chi connectivity index (χ3n) is 6.31. The molecule has 1 aromatic carbocycles. The van der Waals surface area contributed by atoms with Gasteiger partial charge in [-0.15, -0.1) is 0 Å². The molecule has 32 heavy (non-hydrogen) atoms. The van der Waals surface area contributed by atoms with Crippen LogP contribution in [0.2, 0.25) is 0 Å². The molecule has 11 heteroatoms. The Morgan fingerprint density at radius 1 is 1.09 bits per heavy atom. The molecular formula is C21H21N7O4. The van der Waals surface area contributed by atoms with Gasteiger partial charge in [-0.3, -0.25) is 4.57 Å². The molecule has 6 rings (SSSR count). The van der Waals surface area contributed by atoms with E-state index in [0.717, 1.165) is 10.9 Å². The van der Waals surface area contributed by atoms with E-state index in [9.17, 15) is 10.2 Å². The number of pyridine rings is 1. The molecule has 1 spiro atoms. The van der Waals surface area contributed by atoms with Crippen LogP contribution in [0.5, 0.6) is 5.75 Å². The molecule has 6 N–H and O–H groups in total. The molecule has 0 radical (unpaired) electrons. The van der Waals surface area contributed by atoms with Crippen molar-refractivity contribution in [2.45, 2.75) is 43.0 Å². The number of nitrogen functional groups attached to an aromatic ring is 2. The zero-order valence-corrected chi connectivity index (χ0v) is 16.9. The predicted octanol–water partition coefficient (Wildman–Crippen LogP) is 0.770. The van der Waals surface area contributed by atoms with E-state index < -0.39 is 24.0 Å². The van der Waals surface area contributed by atoms with Crippen LogP contribution in [0.3, 0.4) is 0 Å². The van der Waals surface area contributed by atoms with Gasteiger partial charge in [-0.05, 0) is 24.3 Å². The highest BCUT2D eigenvalue weighted by atomic mass is 16.6. The van der Waals surface area contributed by atoms with E-state index in [1.165, 1.54) is 12.7 Å². The first-order chi connectivity index (χ1) is 15.4. The fraction of sp³-hybridized carbons (Fsp3) is 0.333. The Hall–Kier alpha value is -3.54. The first-order valence-electron chi connectivity index (χ1n) is 10.2. The van der Waals surface area contributed by atoms with E-state index >= 15 is 0 Å². The zero-order valence-electron chi connectivity index (χ0n) is 16.9. The SMILES string of the molecule is Nc1ccc2ccc(O[C@H]3C[C@]4(C3)O[C@@H](n3cnc5c(N)ncnc53)[C@H](O)[C@@H]4O)cc2n1. The largest absolute Gasteiger partial charge is 0.490 e. The van der Waals surface area contributed by atoms with Crippen LogP contribution in [0.1, 0.15) is 19.1 Å². The maximum absolute atomic E-state index is 10.8. The molecule has 3 atom stereocenters. The standard InChI is InChI=1S/C21H21N7O4/c22-14-4-2-10-1-3-11(5-13(10)27-14)31-12-6-21(7-12)17(30)16(29)20(32-21)28-9-26-15-18(23)24-8-25-19(15)28/h1-5,8-9,12,16-17,20,29-30H,6-7H2,(H2,22,27)(H2,23,24,25)/t12-,16-,17+,20-,21+/m1/s1. The average Bonchev–Trinajstić information content (AvgIpc) is 3.29. The highest BCUT2D eigenvalue weighted by molar-refractivity contribution is 5.82. The molecule has 1 saturated carbocycles. The summed E-state index contributed by atoms with van der Waals surface area (Å²) in [6.07, 6.45) is 0.393. The number of rotatable bonds is 3. The third kappa shape index (κ3) is 2.79. The predicted molar refractivity (Wildman–Crippen MR) is 114 cm³/mol. The van der Waals surface area contributed by atoms with Gasteiger partial charge >= 0.3 is 0 Å². The van der Waals surface area contributed by atoms with Crippen molar-refractivity contribution in [2.24, 2.45) is 0 Å². The van der Waals surface area contributed by atoms with Gasteiger partial charge in [0.2, 0.25) is 0 Å². The Kier molecular flexibility index (Phi) is 4.03. The second kappa shape index (κ2) is 6.73. The van der Waals surface area contributed by atoms with E-state index in [2.05, 4.69) is 19.9 Å². The summed E-state index contributed by atoms with van der Waals surface area (Å²) in [4.78, 5) is 16.7. The summed E-state index contributed by atoms with van der Waals surface area (Å²) in [5, 5.41) is 22.5. The molecule has 4 aromatic rings. The smallest absolute Gasteiger partial charge is 0.167 e.